The Bertz CT molecular complexity index is 1450. The number of pyridine rings is 1. The van der Waals surface area contributed by atoms with Crippen LogP contribution in [0.15, 0.2) is 79.3 Å². The van der Waals surface area contributed by atoms with E-state index in [0.29, 0.717) is 6.61 Å². The number of nitrogens with one attached hydrogen (secondary N) is 2. The molecule has 3 heterocycles. The first-order valence-electron chi connectivity index (χ1n) is 11.0. The lowest BCUT2D eigenvalue weighted by molar-refractivity contribution is 0.303. The Labute approximate surface area is 197 Å². The highest BCUT2D eigenvalue weighted by molar-refractivity contribution is 5.91. The number of benzene rings is 2. The number of para-hydroxylation sites is 1. The number of aromatic amines is 2. The Kier molecular flexibility index (Phi) is 6.21. The molecular weight excluding hydrogens is 424 g/mol. The third-order valence-electron chi connectivity index (χ3n) is 5.45. The van der Waals surface area contributed by atoms with Crippen LogP contribution in [0.5, 0.6) is 11.5 Å². The summed E-state index contributed by atoms with van der Waals surface area (Å²) in [7, 11) is 1.65. The molecule has 0 aliphatic heterocycles. The Balaban J connectivity index is 1.26. The minimum absolute atomic E-state index is 0.454. The summed E-state index contributed by atoms with van der Waals surface area (Å²) >= 11 is 0. The van der Waals surface area contributed by atoms with Gasteiger partial charge in [0.05, 0.1) is 18.5 Å². The number of hydrogen-bond acceptors (Lipinski definition) is 4. The van der Waals surface area contributed by atoms with Gasteiger partial charge in [-0.25, -0.2) is 0 Å². The van der Waals surface area contributed by atoms with Crippen molar-refractivity contribution in [3.05, 3.63) is 107 Å². The van der Waals surface area contributed by atoms with Crippen LogP contribution in [0.4, 0.5) is 0 Å². The second kappa shape index (κ2) is 9.92. The second-order valence-electron chi connectivity index (χ2n) is 7.76. The van der Waals surface area contributed by atoms with E-state index in [2.05, 4.69) is 38.4 Å². The predicted molar refractivity (Wildman–Crippen MR) is 136 cm³/mol. The monoisotopic (exact) mass is 448 g/mol. The van der Waals surface area contributed by atoms with Crippen molar-refractivity contribution in [1.82, 2.24) is 20.2 Å². The number of rotatable bonds is 8. The molecule has 168 valence electrons. The van der Waals surface area contributed by atoms with E-state index in [-0.39, 0.29) is 0 Å². The molecule has 0 atom stereocenters. The SMILES string of the molecule is COc1cc(OCc2cccnc2)ccc1C=Cc1cc(C=Cc2c[nH]c3ccccc23)n[nH]1. The molecule has 34 heavy (non-hydrogen) atoms. The highest BCUT2D eigenvalue weighted by Gasteiger charge is 2.05. The number of nitrogens with zero attached hydrogens (tertiary/aromatic N) is 2. The van der Waals surface area contributed by atoms with Crippen molar-refractivity contribution < 1.29 is 9.47 Å². The van der Waals surface area contributed by atoms with Crippen molar-refractivity contribution in [2.45, 2.75) is 6.61 Å². The average molecular weight is 449 g/mol. The molecule has 5 aromatic rings. The lowest BCUT2D eigenvalue weighted by Gasteiger charge is -2.10. The van der Waals surface area contributed by atoms with Crippen LogP contribution in [0.25, 0.3) is 35.2 Å². The van der Waals surface area contributed by atoms with Gasteiger partial charge in [0, 0.05) is 46.7 Å². The first-order valence-corrected chi connectivity index (χ1v) is 11.0. The largest absolute Gasteiger partial charge is 0.496 e. The van der Waals surface area contributed by atoms with Gasteiger partial charge in [0.2, 0.25) is 0 Å². The molecule has 0 amide bonds. The zero-order valence-electron chi connectivity index (χ0n) is 18.7. The summed E-state index contributed by atoms with van der Waals surface area (Å²) in [4.78, 5) is 7.39. The molecular formula is C28H24N4O2. The van der Waals surface area contributed by atoms with Gasteiger partial charge >= 0.3 is 0 Å². The van der Waals surface area contributed by atoms with Gasteiger partial charge in [-0.15, -0.1) is 0 Å². The molecule has 0 aliphatic carbocycles. The number of methoxy groups -OCH3 is 1. The maximum Gasteiger partial charge on any atom is 0.129 e. The fraction of sp³-hybridized carbons (Fsp3) is 0.0714. The molecule has 0 fully saturated rings. The van der Waals surface area contributed by atoms with E-state index in [1.54, 1.807) is 19.5 Å². The summed E-state index contributed by atoms with van der Waals surface area (Å²) in [5, 5.41) is 8.64. The van der Waals surface area contributed by atoms with E-state index in [9.17, 15) is 0 Å². The number of H-pyrrole nitrogens is 2. The molecule has 6 nitrogen and oxygen atoms in total. The highest BCUT2D eigenvalue weighted by Crippen LogP contribution is 2.27. The predicted octanol–water partition coefficient (Wildman–Crippen LogP) is 6.21. The topological polar surface area (TPSA) is 75.8 Å². The molecule has 2 N–H and O–H groups in total. The van der Waals surface area contributed by atoms with Crippen molar-refractivity contribution in [2.24, 2.45) is 0 Å². The van der Waals surface area contributed by atoms with Crippen LogP contribution in [-0.4, -0.2) is 27.3 Å². The molecule has 6 heteroatoms. The number of ether oxygens (including phenoxy) is 2. The smallest absolute Gasteiger partial charge is 0.129 e. The van der Waals surface area contributed by atoms with Crippen molar-refractivity contribution >= 4 is 35.2 Å². The molecule has 0 aliphatic rings. The third kappa shape index (κ3) is 4.91. The van der Waals surface area contributed by atoms with E-state index in [0.717, 1.165) is 45.1 Å². The fourth-order valence-corrected chi connectivity index (χ4v) is 3.68. The van der Waals surface area contributed by atoms with E-state index in [4.69, 9.17) is 9.47 Å². The van der Waals surface area contributed by atoms with E-state index >= 15 is 0 Å². The van der Waals surface area contributed by atoms with Crippen LogP contribution in [0, 0.1) is 0 Å². The molecule has 0 radical (unpaired) electrons. The van der Waals surface area contributed by atoms with Crippen LogP contribution in [-0.2, 0) is 6.61 Å². The van der Waals surface area contributed by atoms with E-state index in [1.165, 1.54) is 5.39 Å². The van der Waals surface area contributed by atoms with E-state index < -0.39 is 0 Å². The molecule has 5 rings (SSSR count). The first-order chi connectivity index (χ1) is 16.8. The normalized spacial score (nSPS) is 11.6. The van der Waals surface area contributed by atoms with Gasteiger partial charge in [0.25, 0.3) is 0 Å². The van der Waals surface area contributed by atoms with Gasteiger partial charge in [-0.1, -0.05) is 30.3 Å². The highest BCUT2D eigenvalue weighted by atomic mass is 16.5. The average Bonchev–Trinajstić information content (AvgIpc) is 3.52. The van der Waals surface area contributed by atoms with Crippen LogP contribution in [0.1, 0.15) is 28.1 Å². The standard InChI is InChI=1S/C28H24N4O2/c1-33-28-16-25(34-19-20-5-4-14-29-17-20)13-10-21(28)8-11-23-15-24(32-31-23)12-9-22-18-30-27-7-3-2-6-26(22)27/h2-18,30H,19H2,1H3,(H,31,32). The first kappa shape index (κ1) is 21.3. The molecule has 0 saturated carbocycles. The van der Waals surface area contributed by atoms with Gasteiger partial charge in [0.1, 0.15) is 18.1 Å². The molecule has 0 spiro atoms. The van der Waals surface area contributed by atoms with E-state index in [1.807, 2.05) is 73.0 Å². The summed E-state index contributed by atoms with van der Waals surface area (Å²) in [6.45, 7) is 0.454. The van der Waals surface area contributed by atoms with Crippen molar-refractivity contribution in [1.29, 1.82) is 0 Å². The number of fused-ring (bicyclic) bond motifs is 1. The van der Waals surface area contributed by atoms with Gasteiger partial charge in [0.15, 0.2) is 0 Å². The summed E-state index contributed by atoms with van der Waals surface area (Å²) in [6, 6.07) is 19.9. The van der Waals surface area contributed by atoms with Gasteiger partial charge in [-0.2, -0.15) is 5.10 Å². The number of aromatic nitrogens is 4. The minimum atomic E-state index is 0.454. The Morgan fingerprint density at radius 3 is 2.71 bits per heavy atom. The maximum absolute atomic E-state index is 5.87. The Morgan fingerprint density at radius 2 is 1.82 bits per heavy atom. The lowest BCUT2D eigenvalue weighted by Crippen LogP contribution is -1.96. The van der Waals surface area contributed by atoms with Gasteiger partial charge in [-0.05, 0) is 54.1 Å². The summed E-state index contributed by atoms with van der Waals surface area (Å²) in [6.07, 6.45) is 13.6. The van der Waals surface area contributed by atoms with Gasteiger partial charge in [-0.3, -0.25) is 10.1 Å². The molecule has 0 bridgehead atoms. The maximum atomic E-state index is 5.87. The van der Waals surface area contributed by atoms with Crippen molar-refractivity contribution in [3.8, 4) is 11.5 Å². The minimum Gasteiger partial charge on any atom is -0.496 e. The summed E-state index contributed by atoms with van der Waals surface area (Å²) < 4.78 is 11.4. The molecule has 0 unspecified atom stereocenters. The second-order valence-corrected chi connectivity index (χ2v) is 7.76. The van der Waals surface area contributed by atoms with Crippen molar-refractivity contribution in [3.63, 3.8) is 0 Å². The lowest BCUT2D eigenvalue weighted by atomic mass is 10.1. The third-order valence-corrected chi connectivity index (χ3v) is 5.45. The van der Waals surface area contributed by atoms with Crippen LogP contribution < -0.4 is 9.47 Å². The number of hydrogen-bond donors (Lipinski definition) is 2. The summed E-state index contributed by atoms with van der Waals surface area (Å²) in [5.41, 5.74) is 5.97. The molecule has 0 saturated heterocycles. The van der Waals surface area contributed by atoms with Crippen LogP contribution in [0.3, 0.4) is 0 Å². The molecule has 2 aromatic carbocycles. The zero-order valence-corrected chi connectivity index (χ0v) is 18.7. The zero-order chi connectivity index (χ0) is 23.2. The quantitative estimate of drug-likeness (QED) is 0.296. The Hall–Kier alpha value is -4.58. The van der Waals surface area contributed by atoms with Crippen LogP contribution in [0.2, 0.25) is 0 Å². The fourth-order valence-electron chi connectivity index (χ4n) is 3.68. The summed E-state index contributed by atoms with van der Waals surface area (Å²) in [5.74, 6) is 1.48. The molecule has 3 aromatic heterocycles. The van der Waals surface area contributed by atoms with Gasteiger partial charge < -0.3 is 14.5 Å². The van der Waals surface area contributed by atoms with Crippen LogP contribution >= 0.6 is 0 Å². The Morgan fingerprint density at radius 1 is 0.912 bits per heavy atom. The van der Waals surface area contributed by atoms with Crippen molar-refractivity contribution in [2.75, 3.05) is 7.11 Å².